The maximum absolute atomic E-state index is 11.4. The molecule has 0 bridgehead atoms. The molecule has 1 rings (SSSR count). The quantitative estimate of drug-likeness (QED) is 0.777. The second kappa shape index (κ2) is 6.86. The van der Waals surface area contributed by atoms with Crippen LogP contribution in [-0.2, 0) is 4.79 Å². The average molecular weight is 232 g/mol. The van der Waals surface area contributed by atoms with E-state index in [1.165, 1.54) is 5.57 Å². The van der Waals surface area contributed by atoms with Gasteiger partial charge in [0, 0.05) is 13.0 Å². The summed E-state index contributed by atoms with van der Waals surface area (Å²) in [6, 6.07) is 0.000787. The van der Waals surface area contributed by atoms with E-state index in [2.05, 4.69) is 5.32 Å². The maximum atomic E-state index is 11.4. The fraction of sp³-hybridized carbons (Fsp3) is 0.357. The zero-order chi connectivity index (χ0) is 12.7. The van der Waals surface area contributed by atoms with Crippen molar-refractivity contribution < 1.29 is 4.79 Å². The first-order chi connectivity index (χ1) is 8.13. The minimum Gasteiger partial charge on any atom is -0.350 e. The van der Waals surface area contributed by atoms with Gasteiger partial charge >= 0.3 is 0 Å². The second-order valence-corrected chi connectivity index (χ2v) is 4.12. The number of carbonyl (C=O) groups is 1. The molecule has 1 aliphatic carbocycles. The van der Waals surface area contributed by atoms with Gasteiger partial charge in [-0.25, -0.2) is 0 Å². The van der Waals surface area contributed by atoms with Crippen LogP contribution in [0, 0.1) is 0 Å². The Kier molecular flexibility index (Phi) is 5.43. The van der Waals surface area contributed by atoms with Gasteiger partial charge in [-0.15, -0.1) is 0 Å². The Balaban J connectivity index is 2.68. The molecule has 0 fully saturated rings. The summed E-state index contributed by atoms with van der Waals surface area (Å²) in [5.74, 6) is -0.00685. The van der Waals surface area contributed by atoms with E-state index >= 15 is 0 Å². The lowest BCUT2D eigenvalue weighted by molar-refractivity contribution is -0.121. The number of nitrogens with one attached hydrogen (secondary N) is 1. The molecule has 0 saturated carbocycles. The molecule has 1 unspecified atom stereocenters. The third-order valence-corrected chi connectivity index (χ3v) is 2.55. The van der Waals surface area contributed by atoms with Gasteiger partial charge in [0.2, 0.25) is 5.91 Å². The van der Waals surface area contributed by atoms with Crippen LogP contribution in [0.25, 0.3) is 0 Å². The fourth-order valence-electron chi connectivity index (χ4n) is 1.53. The first-order valence-corrected chi connectivity index (χ1v) is 5.86. The molecule has 3 nitrogen and oxygen atoms in total. The van der Waals surface area contributed by atoms with E-state index in [9.17, 15) is 4.79 Å². The van der Waals surface area contributed by atoms with E-state index in [0.29, 0.717) is 13.0 Å². The van der Waals surface area contributed by atoms with E-state index in [0.717, 1.165) is 5.57 Å². The molecule has 0 saturated heterocycles. The number of hydrogen-bond donors (Lipinski definition) is 2. The number of nitrogens with two attached hydrogens (primary N) is 1. The van der Waals surface area contributed by atoms with Gasteiger partial charge in [-0.2, -0.15) is 0 Å². The van der Waals surface area contributed by atoms with Gasteiger partial charge in [0.1, 0.15) is 0 Å². The van der Waals surface area contributed by atoms with Crippen LogP contribution in [0.5, 0.6) is 0 Å². The first-order valence-electron chi connectivity index (χ1n) is 5.86. The van der Waals surface area contributed by atoms with Crippen molar-refractivity contribution in [3.8, 4) is 0 Å². The van der Waals surface area contributed by atoms with Crippen LogP contribution in [0.2, 0.25) is 0 Å². The normalized spacial score (nSPS) is 26.5. The van der Waals surface area contributed by atoms with Crippen LogP contribution >= 0.6 is 0 Å². The van der Waals surface area contributed by atoms with Crippen molar-refractivity contribution in [1.82, 2.24) is 5.32 Å². The topological polar surface area (TPSA) is 55.1 Å². The Hall–Kier alpha value is -1.61. The molecule has 0 aromatic carbocycles. The van der Waals surface area contributed by atoms with Gasteiger partial charge < -0.3 is 11.1 Å². The average Bonchev–Trinajstić information content (AvgIpc) is 2.24. The summed E-state index contributed by atoms with van der Waals surface area (Å²) < 4.78 is 0. The molecular weight excluding hydrogens is 212 g/mol. The molecular formula is C14H20N2O. The van der Waals surface area contributed by atoms with Crippen molar-refractivity contribution in [2.45, 2.75) is 26.3 Å². The molecule has 1 aliphatic rings. The van der Waals surface area contributed by atoms with Crippen LogP contribution in [-0.4, -0.2) is 18.5 Å². The SMILES string of the molecule is CC1=C/C=C(C(C)NC(=O)CCN)\C=C\C=C\1. The highest BCUT2D eigenvalue weighted by Gasteiger charge is 2.09. The van der Waals surface area contributed by atoms with E-state index < -0.39 is 0 Å². The van der Waals surface area contributed by atoms with Crippen molar-refractivity contribution in [3.05, 3.63) is 47.6 Å². The standard InChI is InChI=1S/C14H20N2O/c1-11-5-3-4-6-13(8-7-11)12(2)16-14(17)9-10-15/h3-8,12H,9-10,15H2,1-2H3,(H,16,17)/b4-3?,5-3+,6-4+,8-7?,11-5?,11-7-,13-6?,13-8+. The molecule has 3 N–H and O–H groups in total. The largest absolute Gasteiger partial charge is 0.350 e. The summed E-state index contributed by atoms with van der Waals surface area (Å²) in [6.07, 6.45) is 12.5. The Bertz CT molecular complexity index is 389. The fourth-order valence-corrected chi connectivity index (χ4v) is 1.53. The lowest BCUT2D eigenvalue weighted by Gasteiger charge is -2.15. The molecule has 0 aliphatic heterocycles. The smallest absolute Gasteiger partial charge is 0.221 e. The predicted molar refractivity (Wildman–Crippen MR) is 71.4 cm³/mol. The van der Waals surface area contributed by atoms with E-state index in [1.54, 1.807) is 0 Å². The van der Waals surface area contributed by atoms with Gasteiger partial charge in [-0.05, 0) is 19.4 Å². The molecule has 1 amide bonds. The summed E-state index contributed by atoms with van der Waals surface area (Å²) in [5.41, 5.74) is 7.61. The Morgan fingerprint density at radius 1 is 1.35 bits per heavy atom. The number of hydrogen-bond acceptors (Lipinski definition) is 2. The summed E-state index contributed by atoms with van der Waals surface area (Å²) in [7, 11) is 0. The van der Waals surface area contributed by atoms with Gasteiger partial charge in [0.15, 0.2) is 0 Å². The molecule has 3 heteroatoms. The van der Waals surface area contributed by atoms with Crippen LogP contribution in [0.15, 0.2) is 47.6 Å². The highest BCUT2D eigenvalue weighted by Crippen LogP contribution is 2.09. The molecule has 17 heavy (non-hydrogen) atoms. The highest BCUT2D eigenvalue weighted by atomic mass is 16.1. The first kappa shape index (κ1) is 13.5. The number of carbonyl (C=O) groups excluding carboxylic acids is 1. The summed E-state index contributed by atoms with van der Waals surface area (Å²) in [6.45, 7) is 4.40. The van der Waals surface area contributed by atoms with Crippen molar-refractivity contribution in [1.29, 1.82) is 0 Å². The molecule has 0 radical (unpaired) electrons. The number of allylic oxidation sites excluding steroid dienone is 6. The number of rotatable bonds is 4. The number of amides is 1. The Labute approximate surface area is 103 Å². The second-order valence-electron chi connectivity index (χ2n) is 4.12. The van der Waals surface area contributed by atoms with Crippen molar-refractivity contribution in [2.75, 3.05) is 6.54 Å². The van der Waals surface area contributed by atoms with Crippen LogP contribution < -0.4 is 11.1 Å². The van der Waals surface area contributed by atoms with Gasteiger partial charge in [-0.1, -0.05) is 42.0 Å². The monoisotopic (exact) mass is 232 g/mol. The van der Waals surface area contributed by atoms with Gasteiger partial charge in [-0.3, -0.25) is 4.79 Å². The molecule has 0 spiro atoms. The van der Waals surface area contributed by atoms with Gasteiger partial charge in [0.25, 0.3) is 0 Å². The summed E-state index contributed by atoms with van der Waals surface area (Å²) in [5, 5.41) is 2.92. The van der Waals surface area contributed by atoms with E-state index in [-0.39, 0.29) is 11.9 Å². The van der Waals surface area contributed by atoms with Crippen molar-refractivity contribution in [2.24, 2.45) is 5.73 Å². The van der Waals surface area contributed by atoms with Crippen molar-refractivity contribution in [3.63, 3.8) is 0 Å². The third kappa shape index (κ3) is 4.83. The minimum absolute atomic E-state index is 0.000787. The zero-order valence-corrected chi connectivity index (χ0v) is 10.4. The van der Waals surface area contributed by atoms with Gasteiger partial charge in [0.05, 0.1) is 6.04 Å². The Morgan fingerprint density at radius 3 is 2.76 bits per heavy atom. The zero-order valence-electron chi connectivity index (χ0n) is 10.4. The Morgan fingerprint density at radius 2 is 2.06 bits per heavy atom. The maximum Gasteiger partial charge on any atom is 0.221 e. The highest BCUT2D eigenvalue weighted by molar-refractivity contribution is 5.76. The summed E-state index contributed by atoms with van der Waals surface area (Å²) >= 11 is 0. The molecule has 0 heterocycles. The lowest BCUT2D eigenvalue weighted by Crippen LogP contribution is -2.34. The molecule has 92 valence electrons. The van der Waals surface area contributed by atoms with E-state index in [1.807, 2.05) is 50.3 Å². The lowest BCUT2D eigenvalue weighted by atomic mass is 10.0. The molecule has 0 aromatic heterocycles. The molecule has 1 atom stereocenters. The summed E-state index contributed by atoms with van der Waals surface area (Å²) in [4.78, 5) is 11.4. The van der Waals surface area contributed by atoms with Crippen molar-refractivity contribution >= 4 is 5.91 Å². The predicted octanol–water partition coefficient (Wildman–Crippen LogP) is 1.84. The van der Waals surface area contributed by atoms with Crippen LogP contribution in [0.4, 0.5) is 0 Å². The molecule has 0 aromatic rings. The van der Waals surface area contributed by atoms with Crippen LogP contribution in [0.3, 0.4) is 0 Å². The minimum atomic E-state index is -0.00685. The van der Waals surface area contributed by atoms with E-state index in [4.69, 9.17) is 5.73 Å². The van der Waals surface area contributed by atoms with Crippen LogP contribution in [0.1, 0.15) is 20.3 Å². The third-order valence-electron chi connectivity index (χ3n) is 2.55.